The molecule has 1 unspecified atom stereocenters. The van der Waals surface area contributed by atoms with Crippen LogP contribution >= 0.6 is 0 Å². The zero-order chi connectivity index (χ0) is 22.3. The number of rotatable bonds is 5. The number of likely N-dealkylation sites (tertiary alicyclic amines) is 1. The molecule has 1 atom stereocenters. The van der Waals surface area contributed by atoms with E-state index < -0.39 is 15.9 Å². The first kappa shape index (κ1) is 21.2. The summed E-state index contributed by atoms with van der Waals surface area (Å²) < 4.78 is 32.8. The molecule has 0 radical (unpaired) electrons. The lowest BCUT2D eigenvalue weighted by molar-refractivity contribution is -0.129. The topological polar surface area (TPSA) is 91.1 Å². The number of hydrogen-bond donors (Lipinski definition) is 0. The third-order valence-electron chi connectivity index (χ3n) is 6.63. The molecule has 3 aliphatic rings. The van der Waals surface area contributed by atoms with Crippen LogP contribution in [0.15, 0.2) is 45.9 Å². The van der Waals surface area contributed by atoms with Gasteiger partial charge in [-0.1, -0.05) is 0 Å². The number of carbonyl (C=O) groups excluding carboxylic acids is 2. The maximum atomic E-state index is 13.3. The molecule has 0 bridgehead atoms. The highest BCUT2D eigenvalue weighted by Gasteiger charge is 2.38. The number of furan rings is 1. The molecule has 8 nitrogen and oxygen atoms in total. The van der Waals surface area contributed by atoms with Gasteiger partial charge < -0.3 is 14.2 Å². The molecule has 2 fully saturated rings. The molecule has 5 rings (SSSR count). The summed E-state index contributed by atoms with van der Waals surface area (Å²) in [4.78, 5) is 29.5. The van der Waals surface area contributed by atoms with Gasteiger partial charge in [-0.15, -0.1) is 0 Å². The lowest BCUT2D eigenvalue weighted by Gasteiger charge is -2.32. The van der Waals surface area contributed by atoms with E-state index in [1.54, 1.807) is 40.3 Å². The van der Waals surface area contributed by atoms with E-state index in [0.29, 0.717) is 43.4 Å². The molecule has 3 aliphatic heterocycles. The van der Waals surface area contributed by atoms with Crippen molar-refractivity contribution in [1.82, 2.24) is 9.21 Å². The fraction of sp³-hybridized carbons (Fsp3) is 0.478. The molecule has 32 heavy (non-hydrogen) atoms. The first-order chi connectivity index (χ1) is 15.4. The van der Waals surface area contributed by atoms with Crippen molar-refractivity contribution in [2.24, 2.45) is 5.92 Å². The van der Waals surface area contributed by atoms with Crippen LogP contribution in [-0.2, 0) is 32.6 Å². The summed E-state index contributed by atoms with van der Waals surface area (Å²) in [5.74, 6) is 0.165. The fourth-order valence-corrected chi connectivity index (χ4v) is 6.51. The van der Waals surface area contributed by atoms with Crippen LogP contribution in [0, 0.1) is 5.92 Å². The second kappa shape index (κ2) is 8.37. The van der Waals surface area contributed by atoms with E-state index in [2.05, 4.69) is 0 Å². The number of sulfonamides is 1. The van der Waals surface area contributed by atoms with E-state index in [9.17, 15) is 18.0 Å². The van der Waals surface area contributed by atoms with Crippen molar-refractivity contribution in [3.63, 3.8) is 0 Å². The predicted octanol–water partition coefficient (Wildman–Crippen LogP) is 2.39. The summed E-state index contributed by atoms with van der Waals surface area (Å²) in [6.45, 7) is 2.44. The van der Waals surface area contributed by atoms with Crippen LogP contribution in [0.4, 0.5) is 5.69 Å². The standard InChI is InChI=1S/C23H27N3O5S/c27-22-14-18(15-24(22)16-19-6-4-12-31-19)23(28)26-11-3-5-17-13-20(7-8-21(17)26)32(29,30)25-9-1-2-10-25/h4,6-8,12-13,18H,1-3,5,9-11,14-16H2. The van der Waals surface area contributed by atoms with Crippen molar-refractivity contribution in [3.8, 4) is 0 Å². The monoisotopic (exact) mass is 457 g/mol. The molecule has 2 amide bonds. The molecule has 9 heteroatoms. The van der Waals surface area contributed by atoms with Crippen LogP contribution in [0.2, 0.25) is 0 Å². The predicted molar refractivity (Wildman–Crippen MR) is 117 cm³/mol. The molecular formula is C23H27N3O5S. The number of anilines is 1. The maximum Gasteiger partial charge on any atom is 0.243 e. The molecule has 0 aliphatic carbocycles. The van der Waals surface area contributed by atoms with Crippen molar-refractivity contribution in [3.05, 3.63) is 47.9 Å². The fourth-order valence-electron chi connectivity index (χ4n) is 4.94. The lowest BCUT2D eigenvalue weighted by atomic mass is 9.99. The van der Waals surface area contributed by atoms with Crippen LogP contribution in [0.5, 0.6) is 0 Å². The van der Waals surface area contributed by atoms with Gasteiger partial charge in [0.05, 0.1) is 23.6 Å². The molecule has 170 valence electrons. The third kappa shape index (κ3) is 3.84. The summed E-state index contributed by atoms with van der Waals surface area (Å²) >= 11 is 0. The molecular weight excluding hydrogens is 430 g/mol. The Labute approximate surface area is 187 Å². The van der Waals surface area contributed by atoms with E-state index in [-0.39, 0.29) is 18.2 Å². The summed E-state index contributed by atoms with van der Waals surface area (Å²) in [5, 5.41) is 0. The average Bonchev–Trinajstić information content (AvgIpc) is 3.56. The minimum Gasteiger partial charge on any atom is -0.467 e. The van der Waals surface area contributed by atoms with Crippen LogP contribution < -0.4 is 4.90 Å². The second-order valence-corrected chi connectivity index (χ2v) is 10.7. The summed E-state index contributed by atoms with van der Waals surface area (Å²) in [7, 11) is -3.50. The molecule has 1 aromatic carbocycles. The Bertz CT molecular complexity index is 1120. The van der Waals surface area contributed by atoms with Gasteiger partial charge >= 0.3 is 0 Å². The Kier molecular flexibility index (Phi) is 5.54. The lowest BCUT2D eigenvalue weighted by Crippen LogP contribution is -2.40. The Hall–Kier alpha value is -2.65. The Morgan fingerprint density at radius 3 is 2.66 bits per heavy atom. The molecule has 0 spiro atoms. The average molecular weight is 458 g/mol. The van der Waals surface area contributed by atoms with Gasteiger partial charge in [0.1, 0.15) is 5.76 Å². The van der Waals surface area contributed by atoms with Gasteiger partial charge in [-0.25, -0.2) is 8.42 Å². The SMILES string of the molecule is O=C1CC(C(=O)N2CCCc3cc(S(=O)(=O)N4CCCC4)ccc32)CN1Cc1ccco1. The van der Waals surface area contributed by atoms with Crippen LogP contribution in [0.3, 0.4) is 0 Å². The van der Waals surface area contributed by atoms with Crippen molar-refractivity contribution in [2.45, 2.75) is 43.5 Å². The summed E-state index contributed by atoms with van der Waals surface area (Å²) in [6, 6.07) is 8.69. The van der Waals surface area contributed by atoms with Crippen molar-refractivity contribution < 1.29 is 22.4 Å². The highest BCUT2D eigenvalue weighted by Crippen LogP contribution is 2.33. The van der Waals surface area contributed by atoms with Crippen molar-refractivity contribution in [2.75, 3.05) is 31.1 Å². The number of amides is 2. The number of carbonyl (C=O) groups is 2. The minimum absolute atomic E-state index is 0.0518. The van der Waals surface area contributed by atoms with Gasteiger partial charge in [-0.3, -0.25) is 9.59 Å². The number of aryl methyl sites for hydroxylation is 1. The zero-order valence-corrected chi connectivity index (χ0v) is 18.7. The second-order valence-electron chi connectivity index (χ2n) is 8.75. The van der Waals surface area contributed by atoms with Crippen LogP contribution in [0.25, 0.3) is 0 Å². The normalized spacial score (nSPS) is 21.9. The molecule has 2 aromatic rings. The molecule has 0 saturated carbocycles. The number of benzene rings is 1. The van der Waals surface area contributed by atoms with Crippen molar-refractivity contribution in [1.29, 1.82) is 0 Å². The molecule has 2 saturated heterocycles. The summed E-state index contributed by atoms with van der Waals surface area (Å²) in [6.07, 6.45) is 5.04. The van der Waals surface area contributed by atoms with Crippen LogP contribution in [-0.4, -0.2) is 55.6 Å². The number of nitrogens with zero attached hydrogens (tertiary/aromatic N) is 3. The number of hydrogen-bond acceptors (Lipinski definition) is 5. The minimum atomic E-state index is -3.50. The van der Waals surface area contributed by atoms with Gasteiger partial charge in [0.2, 0.25) is 21.8 Å². The first-order valence-corrected chi connectivity index (χ1v) is 12.6. The summed E-state index contributed by atoms with van der Waals surface area (Å²) in [5.41, 5.74) is 1.64. The van der Waals surface area contributed by atoms with Gasteiger partial charge in [-0.05, 0) is 61.6 Å². The van der Waals surface area contributed by atoms with Crippen molar-refractivity contribution >= 4 is 27.5 Å². The van der Waals surface area contributed by atoms with E-state index in [1.165, 1.54) is 4.31 Å². The molecule has 0 N–H and O–H groups in total. The van der Waals surface area contributed by atoms with E-state index >= 15 is 0 Å². The van der Waals surface area contributed by atoms with Gasteiger partial charge in [0, 0.05) is 38.3 Å². The molecule has 4 heterocycles. The quantitative estimate of drug-likeness (QED) is 0.688. The number of fused-ring (bicyclic) bond motifs is 1. The van der Waals surface area contributed by atoms with E-state index in [4.69, 9.17) is 4.42 Å². The van der Waals surface area contributed by atoms with Gasteiger partial charge in [-0.2, -0.15) is 4.31 Å². The van der Waals surface area contributed by atoms with Crippen LogP contribution in [0.1, 0.15) is 37.0 Å². The first-order valence-electron chi connectivity index (χ1n) is 11.2. The molecule has 1 aromatic heterocycles. The Balaban J connectivity index is 1.34. The third-order valence-corrected chi connectivity index (χ3v) is 8.52. The Morgan fingerprint density at radius 1 is 1.09 bits per heavy atom. The largest absolute Gasteiger partial charge is 0.467 e. The smallest absolute Gasteiger partial charge is 0.243 e. The Morgan fingerprint density at radius 2 is 1.91 bits per heavy atom. The highest BCUT2D eigenvalue weighted by molar-refractivity contribution is 7.89. The zero-order valence-electron chi connectivity index (χ0n) is 17.9. The van der Waals surface area contributed by atoms with Gasteiger partial charge in [0.25, 0.3) is 0 Å². The maximum absolute atomic E-state index is 13.3. The van der Waals surface area contributed by atoms with E-state index in [0.717, 1.165) is 36.9 Å². The van der Waals surface area contributed by atoms with Gasteiger partial charge in [0.15, 0.2) is 0 Å². The highest BCUT2D eigenvalue weighted by atomic mass is 32.2. The van der Waals surface area contributed by atoms with E-state index in [1.807, 2.05) is 6.07 Å².